The number of para-hydroxylation sites is 1. The van der Waals surface area contributed by atoms with E-state index in [9.17, 15) is 0 Å². The molecule has 0 aromatic heterocycles. The van der Waals surface area contributed by atoms with Gasteiger partial charge in [0, 0.05) is 17.6 Å². The number of rotatable bonds is 2. The third kappa shape index (κ3) is 2.95. The average Bonchev–Trinajstić information content (AvgIpc) is 2.74. The smallest absolute Gasteiger partial charge is 0.112 e. The summed E-state index contributed by atoms with van der Waals surface area (Å²) in [7, 11) is 0. The Morgan fingerprint density at radius 1 is 0.815 bits per heavy atom. The highest BCUT2D eigenvalue weighted by molar-refractivity contribution is 7.80. The van der Waals surface area contributed by atoms with Crippen LogP contribution < -0.4 is 10.2 Å². The molecule has 5 rings (SSSR count). The van der Waals surface area contributed by atoms with Gasteiger partial charge in [-0.15, -0.1) is 0 Å². The number of benzene rings is 3. The van der Waals surface area contributed by atoms with Crippen molar-refractivity contribution in [3.63, 3.8) is 0 Å². The molecular weight excluding hydrogens is 348 g/mol. The topological polar surface area (TPSA) is 15.3 Å². The van der Waals surface area contributed by atoms with Crippen molar-refractivity contribution >= 4 is 33.7 Å². The van der Waals surface area contributed by atoms with Gasteiger partial charge in [-0.25, -0.2) is 0 Å². The molecule has 0 radical (unpaired) electrons. The third-order valence-electron chi connectivity index (χ3n) is 6.10. The quantitative estimate of drug-likeness (QED) is 0.569. The standard InChI is InChI=1S/C24H24N2S/c27-24-21-14-6-7-16-22(21)25-23(26(24)18-11-2-1-3-12-18)20-15-8-10-17-9-4-5-13-19(17)20/h1-5,8-13,15,21-23,25H,6-7,14,16H2. The van der Waals surface area contributed by atoms with Crippen LogP contribution in [0.25, 0.3) is 10.8 Å². The van der Waals surface area contributed by atoms with Crippen LogP contribution in [0.5, 0.6) is 0 Å². The van der Waals surface area contributed by atoms with E-state index in [0.717, 1.165) is 4.99 Å². The van der Waals surface area contributed by atoms with Gasteiger partial charge in [0.15, 0.2) is 0 Å². The first-order valence-electron chi connectivity index (χ1n) is 9.95. The minimum Gasteiger partial charge on any atom is -0.315 e. The minimum atomic E-state index is 0.0744. The van der Waals surface area contributed by atoms with Crippen molar-refractivity contribution in [2.75, 3.05) is 4.90 Å². The van der Waals surface area contributed by atoms with Crippen LogP contribution in [0, 0.1) is 5.92 Å². The lowest BCUT2D eigenvalue weighted by Gasteiger charge is -2.48. The van der Waals surface area contributed by atoms with E-state index >= 15 is 0 Å². The van der Waals surface area contributed by atoms with Gasteiger partial charge in [-0.1, -0.05) is 85.7 Å². The Morgan fingerprint density at radius 2 is 1.56 bits per heavy atom. The number of fused-ring (bicyclic) bond motifs is 2. The van der Waals surface area contributed by atoms with Crippen LogP contribution in [0.4, 0.5) is 5.69 Å². The molecule has 1 saturated heterocycles. The summed E-state index contributed by atoms with van der Waals surface area (Å²) in [5, 5.41) is 6.56. The zero-order valence-corrected chi connectivity index (χ0v) is 16.2. The van der Waals surface area contributed by atoms with Crippen LogP contribution in [0.1, 0.15) is 37.4 Å². The zero-order valence-electron chi connectivity index (χ0n) is 15.3. The Balaban J connectivity index is 1.66. The summed E-state index contributed by atoms with van der Waals surface area (Å²) in [5.74, 6) is 0.459. The first-order valence-corrected chi connectivity index (χ1v) is 10.4. The molecule has 0 amide bonds. The van der Waals surface area contributed by atoms with Crippen molar-refractivity contribution in [3.05, 3.63) is 78.4 Å². The van der Waals surface area contributed by atoms with Gasteiger partial charge in [-0.05, 0) is 41.3 Å². The molecule has 1 heterocycles. The number of nitrogens with zero attached hydrogens (tertiary/aromatic N) is 1. The highest BCUT2D eigenvalue weighted by Gasteiger charge is 2.41. The monoisotopic (exact) mass is 372 g/mol. The van der Waals surface area contributed by atoms with Crippen molar-refractivity contribution in [1.29, 1.82) is 0 Å². The zero-order chi connectivity index (χ0) is 18.2. The van der Waals surface area contributed by atoms with Gasteiger partial charge in [0.05, 0.1) is 4.99 Å². The summed E-state index contributed by atoms with van der Waals surface area (Å²) in [4.78, 5) is 3.46. The molecule has 3 atom stereocenters. The van der Waals surface area contributed by atoms with Gasteiger partial charge >= 0.3 is 0 Å². The molecule has 3 aromatic carbocycles. The maximum atomic E-state index is 6.09. The van der Waals surface area contributed by atoms with E-state index < -0.39 is 0 Å². The third-order valence-corrected chi connectivity index (χ3v) is 6.60. The van der Waals surface area contributed by atoms with Gasteiger partial charge in [0.1, 0.15) is 6.17 Å². The van der Waals surface area contributed by atoms with E-state index in [1.54, 1.807) is 0 Å². The number of anilines is 1. The first-order chi connectivity index (χ1) is 13.3. The molecule has 2 fully saturated rings. The van der Waals surface area contributed by atoms with E-state index in [0.29, 0.717) is 12.0 Å². The van der Waals surface area contributed by atoms with Gasteiger partial charge < -0.3 is 4.90 Å². The van der Waals surface area contributed by atoms with Crippen molar-refractivity contribution < 1.29 is 0 Å². The SMILES string of the molecule is S=C1C2CCCCC2NC(c2cccc3ccccc23)N1c1ccccc1. The number of nitrogens with one attached hydrogen (secondary N) is 1. The number of hydrogen-bond donors (Lipinski definition) is 1. The van der Waals surface area contributed by atoms with Gasteiger partial charge in [-0.3, -0.25) is 5.32 Å². The number of thiocarbonyl (C=S) groups is 1. The second kappa shape index (κ2) is 7.06. The van der Waals surface area contributed by atoms with E-state index in [4.69, 9.17) is 12.2 Å². The summed E-state index contributed by atoms with van der Waals surface area (Å²) in [6.45, 7) is 0. The van der Waals surface area contributed by atoms with E-state index in [-0.39, 0.29) is 6.17 Å². The van der Waals surface area contributed by atoms with Crippen LogP contribution in [0.2, 0.25) is 0 Å². The summed E-state index contributed by atoms with van der Waals surface area (Å²) in [6.07, 6.45) is 5.07. The molecule has 3 aromatic rings. The summed E-state index contributed by atoms with van der Waals surface area (Å²) in [6, 6.07) is 26.4. The van der Waals surface area contributed by atoms with Crippen molar-refractivity contribution in [1.82, 2.24) is 5.32 Å². The largest absolute Gasteiger partial charge is 0.315 e. The molecule has 2 nitrogen and oxygen atoms in total. The molecule has 1 aliphatic carbocycles. The second-order valence-electron chi connectivity index (χ2n) is 7.68. The van der Waals surface area contributed by atoms with E-state index in [1.807, 2.05) is 0 Å². The first kappa shape index (κ1) is 16.9. The Morgan fingerprint density at radius 3 is 2.44 bits per heavy atom. The maximum absolute atomic E-state index is 6.09. The predicted molar refractivity (Wildman–Crippen MR) is 117 cm³/mol. The Hall–Kier alpha value is -2.23. The lowest BCUT2D eigenvalue weighted by molar-refractivity contribution is 0.274. The van der Waals surface area contributed by atoms with Crippen LogP contribution >= 0.6 is 12.2 Å². The van der Waals surface area contributed by atoms with Gasteiger partial charge in [0.2, 0.25) is 0 Å². The van der Waals surface area contributed by atoms with E-state index in [1.165, 1.54) is 47.7 Å². The molecule has 27 heavy (non-hydrogen) atoms. The molecule has 3 heteroatoms. The van der Waals surface area contributed by atoms with Crippen LogP contribution in [-0.2, 0) is 0 Å². The highest BCUT2D eigenvalue weighted by atomic mass is 32.1. The summed E-state index contributed by atoms with van der Waals surface area (Å²) >= 11 is 6.09. The molecular formula is C24H24N2S. The Kier molecular flexibility index (Phi) is 4.42. The molecule has 1 saturated carbocycles. The van der Waals surface area contributed by atoms with Crippen molar-refractivity contribution in [3.8, 4) is 0 Å². The predicted octanol–water partition coefficient (Wildman–Crippen LogP) is 5.83. The van der Waals surface area contributed by atoms with Crippen LogP contribution in [-0.4, -0.2) is 11.0 Å². The van der Waals surface area contributed by atoms with Crippen LogP contribution in [0.3, 0.4) is 0 Å². The van der Waals surface area contributed by atoms with Gasteiger partial charge in [0.25, 0.3) is 0 Å². The molecule has 0 bridgehead atoms. The highest BCUT2D eigenvalue weighted by Crippen LogP contribution is 2.40. The summed E-state index contributed by atoms with van der Waals surface area (Å²) < 4.78 is 0. The average molecular weight is 373 g/mol. The lowest BCUT2D eigenvalue weighted by Crippen LogP contribution is -2.59. The fourth-order valence-corrected chi connectivity index (χ4v) is 5.28. The molecule has 0 spiro atoms. The Bertz CT molecular complexity index is 963. The minimum absolute atomic E-state index is 0.0744. The lowest BCUT2D eigenvalue weighted by atomic mass is 9.81. The van der Waals surface area contributed by atoms with Crippen molar-refractivity contribution in [2.45, 2.75) is 37.9 Å². The molecule has 1 aliphatic heterocycles. The maximum Gasteiger partial charge on any atom is 0.112 e. The molecule has 3 unspecified atom stereocenters. The fourth-order valence-electron chi connectivity index (χ4n) is 4.79. The van der Waals surface area contributed by atoms with E-state index in [2.05, 4.69) is 83.0 Å². The molecule has 1 N–H and O–H groups in total. The van der Waals surface area contributed by atoms with Crippen molar-refractivity contribution in [2.24, 2.45) is 5.92 Å². The van der Waals surface area contributed by atoms with Gasteiger partial charge in [-0.2, -0.15) is 0 Å². The Labute approximate surface area is 166 Å². The fraction of sp³-hybridized carbons (Fsp3) is 0.292. The molecule has 2 aliphatic rings. The number of hydrogen-bond acceptors (Lipinski definition) is 2. The summed E-state index contributed by atoms with van der Waals surface area (Å²) in [5.41, 5.74) is 2.49. The normalized spacial score (nSPS) is 25.4. The second-order valence-corrected chi connectivity index (χ2v) is 8.10. The molecule has 136 valence electrons. The van der Waals surface area contributed by atoms with Crippen LogP contribution in [0.15, 0.2) is 72.8 Å².